The Morgan fingerprint density at radius 1 is 1.03 bits per heavy atom. The van der Waals surface area contributed by atoms with Gasteiger partial charge in [0.1, 0.15) is 17.1 Å². The second kappa shape index (κ2) is 8.49. The third kappa shape index (κ3) is 3.89. The van der Waals surface area contributed by atoms with Crippen LogP contribution in [0.3, 0.4) is 0 Å². The lowest BCUT2D eigenvalue weighted by molar-refractivity contribution is 0.414. The minimum absolute atomic E-state index is 0.489. The number of para-hydroxylation sites is 1. The summed E-state index contributed by atoms with van der Waals surface area (Å²) >= 11 is 0. The van der Waals surface area contributed by atoms with Crippen molar-refractivity contribution in [3.63, 3.8) is 0 Å². The SMILES string of the molecule is CNCCCCn1c(Cc2ccc(OC)cc2)nc2c(N)nc3ccccc3c21. The first-order chi connectivity index (χ1) is 14.2. The monoisotopic (exact) mass is 389 g/mol. The van der Waals surface area contributed by atoms with Gasteiger partial charge in [-0.1, -0.05) is 30.3 Å². The van der Waals surface area contributed by atoms with Gasteiger partial charge in [0.15, 0.2) is 5.82 Å². The Bertz CT molecular complexity index is 1120. The molecule has 2 heterocycles. The van der Waals surface area contributed by atoms with Crippen LogP contribution in [0, 0.1) is 0 Å². The van der Waals surface area contributed by atoms with E-state index in [0.29, 0.717) is 5.82 Å². The second-order valence-corrected chi connectivity index (χ2v) is 7.23. The van der Waals surface area contributed by atoms with Crippen molar-refractivity contribution in [3.05, 3.63) is 59.9 Å². The van der Waals surface area contributed by atoms with Gasteiger partial charge in [0.05, 0.1) is 18.1 Å². The predicted octanol–water partition coefficient (Wildman–Crippen LogP) is 3.77. The molecule has 0 aliphatic rings. The van der Waals surface area contributed by atoms with Crippen molar-refractivity contribution in [3.8, 4) is 5.75 Å². The summed E-state index contributed by atoms with van der Waals surface area (Å²) in [7, 11) is 3.67. The van der Waals surface area contributed by atoms with Gasteiger partial charge in [-0.2, -0.15) is 0 Å². The van der Waals surface area contributed by atoms with Gasteiger partial charge in [0, 0.05) is 18.4 Å². The van der Waals surface area contributed by atoms with Crippen LogP contribution in [-0.2, 0) is 13.0 Å². The highest BCUT2D eigenvalue weighted by Crippen LogP contribution is 2.30. The lowest BCUT2D eigenvalue weighted by Gasteiger charge is -2.11. The lowest BCUT2D eigenvalue weighted by atomic mass is 10.1. The van der Waals surface area contributed by atoms with Gasteiger partial charge in [-0.05, 0) is 50.2 Å². The molecule has 0 unspecified atom stereocenters. The molecule has 0 radical (unpaired) electrons. The molecule has 29 heavy (non-hydrogen) atoms. The van der Waals surface area contributed by atoms with Crippen molar-refractivity contribution in [2.24, 2.45) is 0 Å². The fraction of sp³-hybridized carbons (Fsp3) is 0.304. The van der Waals surface area contributed by atoms with E-state index in [1.54, 1.807) is 7.11 Å². The van der Waals surface area contributed by atoms with Crippen LogP contribution < -0.4 is 15.8 Å². The number of imidazole rings is 1. The van der Waals surface area contributed by atoms with Crippen LogP contribution >= 0.6 is 0 Å². The highest BCUT2D eigenvalue weighted by molar-refractivity contribution is 6.06. The molecule has 0 aliphatic heterocycles. The first-order valence-electron chi connectivity index (χ1n) is 10.0. The van der Waals surface area contributed by atoms with E-state index in [9.17, 15) is 0 Å². The summed E-state index contributed by atoms with van der Waals surface area (Å²) in [4.78, 5) is 9.50. The molecule has 0 aliphatic carbocycles. The number of benzene rings is 2. The zero-order valence-corrected chi connectivity index (χ0v) is 17.0. The van der Waals surface area contributed by atoms with Crippen molar-refractivity contribution >= 4 is 27.8 Å². The van der Waals surface area contributed by atoms with Gasteiger partial charge in [-0.15, -0.1) is 0 Å². The van der Waals surface area contributed by atoms with Crippen LogP contribution in [-0.4, -0.2) is 35.2 Å². The van der Waals surface area contributed by atoms with Crippen LogP contribution in [0.1, 0.15) is 24.2 Å². The Kier molecular flexibility index (Phi) is 5.62. The summed E-state index contributed by atoms with van der Waals surface area (Å²) in [6.45, 7) is 1.90. The van der Waals surface area contributed by atoms with Gasteiger partial charge in [-0.3, -0.25) is 0 Å². The molecule has 6 heteroatoms. The Morgan fingerprint density at radius 3 is 2.59 bits per heavy atom. The van der Waals surface area contributed by atoms with Crippen molar-refractivity contribution in [1.82, 2.24) is 19.9 Å². The van der Waals surface area contributed by atoms with E-state index >= 15 is 0 Å². The number of fused-ring (bicyclic) bond motifs is 3. The number of pyridine rings is 1. The van der Waals surface area contributed by atoms with Gasteiger partial charge in [0.25, 0.3) is 0 Å². The van der Waals surface area contributed by atoms with Gasteiger partial charge in [0.2, 0.25) is 0 Å². The molecule has 0 saturated carbocycles. The number of nitrogens with two attached hydrogens (primary N) is 1. The molecular formula is C23H27N5O. The highest BCUT2D eigenvalue weighted by atomic mass is 16.5. The van der Waals surface area contributed by atoms with E-state index in [-0.39, 0.29) is 0 Å². The van der Waals surface area contributed by atoms with Crippen molar-refractivity contribution < 1.29 is 4.74 Å². The molecule has 2 aromatic heterocycles. The summed E-state index contributed by atoms with van der Waals surface area (Å²) in [6, 6.07) is 16.3. The predicted molar refractivity (Wildman–Crippen MR) is 118 cm³/mol. The van der Waals surface area contributed by atoms with Crippen molar-refractivity contribution in [2.45, 2.75) is 25.8 Å². The van der Waals surface area contributed by atoms with Crippen LogP contribution in [0.5, 0.6) is 5.75 Å². The molecule has 0 saturated heterocycles. The number of ether oxygens (including phenoxy) is 1. The Labute approximate surface area is 170 Å². The Morgan fingerprint density at radius 2 is 1.83 bits per heavy atom. The number of anilines is 1. The largest absolute Gasteiger partial charge is 0.497 e. The summed E-state index contributed by atoms with van der Waals surface area (Å²) in [6.07, 6.45) is 2.91. The fourth-order valence-electron chi connectivity index (χ4n) is 3.78. The molecule has 0 spiro atoms. The normalized spacial score (nSPS) is 11.4. The summed E-state index contributed by atoms with van der Waals surface area (Å²) in [5.74, 6) is 2.36. The number of nitrogens with zero attached hydrogens (tertiary/aromatic N) is 3. The van der Waals surface area contributed by atoms with E-state index in [1.165, 1.54) is 5.56 Å². The van der Waals surface area contributed by atoms with E-state index in [1.807, 2.05) is 37.4 Å². The van der Waals surface area contributed by atoms with Gasteiger partial charge >= 0.3 is 0 Å². The molecule has 6 nitrogen and oxygen atoms in total. The maximum Gasteiger partial charge on any atom is 0.152 e. The minimum Gasteiger partial charge on any atom is -0.497 e. The second-order valence-electron chi connectivity index (χ2n) is 7.23. The summed E-state index contributed by atoms with van der Waals surface area (Å²) in [5.41, 5.74) is 10.3. The number of hydrogen-bond donors (Lipinski definition) is 2. The van der Waals surface area contributed by atoms with Gasteiger partial charge in [-0.25, -0.2) is 9.97 Å². The van der Waals surface area contributed by atoms with Crippen molar-refractivity contribution in [2.75, 3.05) is 26.4 Å². The molecule has 0 bridgehead atoms. The summed E-state index contributed by atoms with van der Waals surface area (Å²) in [5, 5.41) is 4.32. The molecule has 150 valence electrons. The average molecular weight is 390 g/mol. The molecule has 2 aromatic carbocycles. The fourth-order valence-corrected chi connectivity index (χ4v) is 3.78. The number of aromatic nitrogens is 3. The van der Waals surface area contributed by atoms with E-state index in [0.717, 1.165) is 65.9 Å². The van der Waals surface area contributed by atoms with Crippen LogP contribution in [0.4, 0.5) is 5.82 Å². The molecule has 0 atom stereocenters. The molecule has 0 amide bonds. The third-order valence-corrected chi connectivity index (χ3v) is 5.27. The summed E-state index contributed by atoms with van der Waals surface area (Å²) < 4.78 is 7.61. The molecular weight excluding hydrogens is 362 g/mol. The number of unbranched alkanes of at least 4 members (excludes halogenated alkanes) is 1. The van der Waals surface area contributed by atoms with Crippen molar-refractivity contribution in [1.29, 1.82) is 0 Å². The maximum atomic E-state index is 6.30. The Hall–Kier alpha value is -3.12. The minimum atomic E-state index is 0.489. The first kappa shape index (κ1) is 19.2. The zero-order chi connectivity index (χ0) is 20.2. The highest BCUT2D eigenvalue weighted by Gasteiger charge is 2.17. The maximum absolute atomic E-state index is 6.30. The molecule has 4 rings (SSSR count). The van der Waals surface area contributed by atoms with Crippen LogP contribution in [0.25, 0.3) is 21.9 Å². The topological polar surface area (TPSA) is 78.0 Å². The Balaban J connectivity index is 1.80. The zero-order valence-electron chi connectivity index (χ0n) is 17.0. The van der Waals surface area contributed by atoms with E-state index in [2.05, 4.69) is 33.1 Å². The lowest BCUT2D eigenvalue weighted by Crippen LogP contribution is -2.10. The van der Waals surface area contributed by atoms with Gasteiger partial charge < -0.3 is 20.4 Å². The smallest absolute Gasteiger partial charge is 0.152 e. The first-order valence-corrected chi connectivity index (χ1v) is 10.0. The number of aryl methyl sites for hydroxylation is 1. The number of rotatable bonds is 8. The van der Waals surface area contributed by atoms with Crippen LogP contribution in [0.2, 0.25) is 0 Å². The third-order valence-electron chi connectivity index (χ3n) is 5.27. The molecule has 0 fully saturated rings. The van der Waals surface area contributed by atoms with E-state index < -0.39 is 0 Å². The molecule has 4 aromatic rings. The molecule has 3 N–H and O–H groups in total. The number of nitrogens with one attached hydrogen (secondary N) is 1. The number of methoxy groups -OCH3 is 1. The number of nitrogen functional groups attached to an aromatic ring is 1. The van der Waals surface area contributed by atoms with E-state index in [4.69, 9.17) is 15.5 Å². The average Bonchev–Trinajstić information content (AvgIpc) is 3.11. The quantitative estimate of drug-likeness (QED) is 0.449. The van der Waals surface area contributed by atoms with Crippen LogP contribution in [0.15, 0.2) is 48.5 Å². The standard InChI is InChI=1S/C23H27N5O/c1-25-13-5-6-14-28-20(15-16-9-11-17(29-2)12-10-16)27-21-22(28)18-7-3-4-8-19(18)26-23(21)24/h3-4,7-12,25H,5-6,13-15H2,1-2H3,(H2,24,26). The number of hydrogen-bond acceptors (Lipinski definition) is 5.